The lowest BCUT2D eigenvalue weighted by molar-refractivity contribution is -0.287. The van der Waals surface area contributed by atoms with Crippen molar-refractivity contribution in [2.24, 2.45) is 0 Å². The molecule has 3 saturated heterocycles. The van der Waals surface area contributed by atoms with E-state index in [0.29, 0.717) is 19.5 Å². The third kappa shape index (κ3) is 9.92. The van der Waals surface area contributed by atoms with Crippen molar-refractivity contribution in [3.05, 3.63) is 0 Å². The van der Waals surface area contributed by atoms with Crippen LogP contribution in [0, 0.1) is 0 Å². The minimum absolute atomic E-state index is 0.0524. The first-order valence-electron chi connectivity index (χ1n) is 16.6. The van der Waals surface area contributed by atoms with Gasteiger partial charge in [-0.2, -0.15) is 0 Å². The van der Waals surface area contributed by atoms with E-state index in [1.807, 2.05) is 0 Å². The lowest BCUT2D eigenvalue weighted by Gasteiger charge is -2.49. The maximum Gasteiger partial charge on any atom is 0.254 e. The summed E-state index contributed by atoms with van der Waals surface area (Å²) in [6, 6.07) is 0. The number of rotatable bonds is 14. The van der Waals surface area contributed by atoms with Gasteiger partial charge in [-0.1, -0.05) is 0 Å². The summed E-state index contributed by atoms with van der Waals surface area (Å²) in [4.78, 5) is 27.1. The molecule has 3 fully saturated rings. The molecule has 1 amide bonds. The molecule has 0 bridgehead atoms. The van der Waals surface area contributed by atoms with Crippen molar-refractivity contribution in [2.45, 2.75) is 158 Å². The van der Waals surface area contributed by atoms with Gasteiger partial charge in [0.25, 0.3) is 5.91 Å². The van der Waals surface area contributed by atoms with Crippen LogP contribution in [0.25, 0.3) is 0 Å². The van der Waals surface area contributed by atoms with Gasteiger partial charge >= 0.3 is 0 Å². The van der Waals surface area contributed by atoms with Gasteiger partial charge in [-0.25, -0.2) is 0 Å². The van der Waals surface area contributed by atoms with Gasteiger partial charge in [-0.05, 0) is 68.7 Å². The Morgan fingerprint density at radius 2 is 1.35 bits per heavy atom. The molecule has 15 heteroatoms. The van der Waals surface area contributed by atoms with E-state index in [1.54, 1.807) is 69.4 Å². The fourth-order valence-corrected chi connectivity index (χ4v) is 6.13. The highest BCUT2D eigenvalue weighted by Crippen LogP contribution is 2.36. The molecule has 0 spiro atoms. The number of carbonyl (C=O) groups excluding carboxylic acids is 2. The maximum atomic E-state index is 13.8. The third-order valence-corrected chi connectivity index (χ3v) is 9.10. The summed E-state index contributed by atoms with van der Waals surface area (Å²) in [6.07, 6.45) is -12.6. The van der Waals surface area contributed by atoms with Crippen molar-refractivity contribution in [2.75, 3.05) is 40.5 Å². The number of aldehydes is 1. The molecule has 0 radical (unpaired) electrons. The molecule has 15 nitrogen and oxygen atoms in total. The quantitative estimate of drug-likeness (QED) is 0.177. The van der Waals surface area contributed by atoms with Crippen LogP contribution in [-0.4, -0.2) is 168 Å². The predicted octanol–water partition coefficient (Wildman–Crippen LogP) is -0.0472. The lowest BCUT2D eigenvalue weighted by Crippen LogP contribution is -2.67. The van der Waals surface area contributed by atoms with Gasteiger partial charge in [0.2, 0.25) is 0 Å². The molecule has 280 valence electrons. The zero-order valence-corrected chi connectivity index (χ0v) is 30.3. The van der Waals surface area contributed by atoms with E-state index in [9.17, 15) is 30.0 Å². The topological polar surface area (TPSA) is 192 Å². The number of hydrogen-bond donors (Lipinski definition) is 4. The average molecular weight is 694 g/mol. The summed E-state index contributed by atoms with van der Waals surface area (Å²) in [5, 5.41) is 44.4. The van der Waals surface area contributed by atoms with Crippen LogP contribution in [0.15, 0.2) is 0 Å². The van der Waals surface area contributed by atoms with E-state index < -0.39 is 95.6 Å². The summed E-state index contributed by atoms with van der Waals surface area (Å²) in [5.41, 5.74) is -3.98. The molecular formula is C33H59NO14. The lowest BCUT2D eigenvalue weighted by atomic mass is 9.85. The Bertz CT molecular complexity index is 1060. The van der Waals surface area contributed by atoms with Crippen molar-refractivity contribution in [3.8, 4) is 0 Å². The van der Waals surface area contributed by atoms with Crippen LogP contribution in [0.4, 0.5) is 0 Å². The Hall–Kier alpha value is -1.34. The van der Waals surface area contributed by atoms with Crippen LogP contribution in [-0.2, 0) is 47.5 Å². The van der Waals surface area contributed by atoms with Gasteiger partial charge in [-0.3, -0.25) is 4.79 Å². The first-order valence-corrected chi connectivity index (χ1v) is 16.6. The summed E-state index contributed by atoms with van der Waals surface area (Å²) in [7, 11) is 3.01. The van der Waals surface area contributed by atoms with Gasteiger partial charge in [0.15, 0.2) is 18.7 Å². The molecular weight excluding hydrogens is 634 g/mol. The first-order chi connectivity index (χ1) is 22.0. The van der Waals surface area contributed by atoms with E-state index in [1.165, 1.54) is 12.0 Å². The molecule has 3 aliphatic rings. The summed E-state index contributed by atoms with van der Waals surface area (Å²) < 4.78 is 46.9. The zero-order chi connectivity index (χ0) is 36.4. The Morgan fingerprint density at radius 3 is 1.88 bits per heavy atom. The Labute approximate surface area is 284 Å². The fraction of sp³-hybridized carbons (Fsp3) is 0.939. The summed E-state index contributed by atoms with van der Waals surface area (Å²) >= 11 is 0. The number of carbonyl (C=O) groups is 2. The van der Waals surface area contributed by atoms with Crippen molar-refractivity contribution >= 4 is 12.2 Å². The Morgan fingerprint density at radius 1 is 0.812 bits per heavy atom. The number of amides is 1. The second-order valence-electron chi connectivity index (χ2n) is 15.5. The highest BCUT2D eigenvalue weighted by atomic mass is 16.7. The second kappa shape index (κ2) is 15.9. The van der Waals surface area contributed by atoms with E-state index in [2.05, 4.69) is 0 Å². The van der Waals surface area contributed by atoms with Gasteiger partial charge < -0.3 is 68.0 Å². The van der Waals surface area contributed by atoms with E-state index in [-0.39, 0.29) is 19.6 Å². The Balaban J connectivity index is 1.72. The SMILES string of the molecule is COC(C)(C)C1OC(C(=O)N(C)CC2OCCO2)[C@@H](OC(C)(C)CCOC(C)(C)C2OC(C=O)[C@@H](OC(C)(C)C)C(O)C2O)C(O)C1O. The number of methoxy groups -OCH3 is 1. The normalized spacial score (nSPS) is 34.3. The van der Waals surface area contributed by atoms with Crippen LogP contribution < -0.4 is 0 Å². The maximum absolute atomic E-state index is 13.8. The van der Waals surface area contributed by atoms with E-state index >= 15 is 0 Å². The molecule has 0 aromatic rings. The van der Waals surface area contributed by atoms with Crippen molar-refractivity contribution in [3.63, 3.8) is 0 Å². The molecule has 3 rings (SSSR count). The number of nitrogens with zero attached hydrogens (tertiary/aromatic N) is 1. The van der Waals surface area contributed by atoms with Crippen LogP contribution in [0.2, 0.25) is 0 Å². The van der Waals surface area contributed by atoms with Gasteiger partial charge in [0, 0.05) is 14.2 Å². The highest BCUT2D eigenvalue weighted by molar-refractivity contribution is 5.81. The van der Waals surface area contributed by atoms with Gasteiger partial charge in [0.05, 0.1) is 48.8 Å². The Kier molecular flexibility index (Phi) is 13.6. The molecule has 8 unspecified atom stereocenters. The van der Waals surface area contributed by atoms with Crippen LogP contribution >= 0.6 is 0 Å². The molecule has 10 atom stereocenters. The van der Waals surface area contributed by atoms with E-state index in [0.717, 1.165) is 0 Å². The van der Waals surface area contributed by atoms with Crippen LogP contribution in [0.5, 0.6) is 0 Å². The molecule has 48 heavy (non-hydrogen) atoms. The smallest absolute Gasteiger partial charge is 0.254 e. The van der Waals surface area contributed by atoms with Crippen LogP contribution in [0.1, 0.15) is 68.7 Å². The number of aliphatic hydroxyl groups is 4. The molecule has 4 N–H and O–H groups in total. The number of hydrogen-bond acceptors (Lipinski definition) is 14. The largest absolute Gasteiger partial charge is 0.387 e. The zero-order valence-electron chi connectivity index (χ0n) is 30.3. The summed E-state index contributed by atoms with van der Waals surface area (Å²) in [5.74, 6) is -0.504. The van der Waals surface area contributed by atoms with E-state index in [4.69, 9.17) is 37.9 Å². The fourth-order valence-electron chi connectivity index (χ4n) is 6.13. The van der Waals surface area contributed by atoms with Crippen molar-refractivity contribution in [1.82, 2.24) is 4.90 Å². The number of aliphatic hydroxyl groups excluding tert-OH is 4. The number of ether oxygens (including phenoxy) is 8. The summed E-state index contributed by atoms with van der Waals surface area (Å²) in [6.45, 7) is 16.5. The monoisotopic (exact) mass is 693 g/mol. The predicted molar refractivity (Wildman–Crippen MR) is 170 cm³/mol. The highest BCUT2D eigenvalue weighted by Gasteiger charge is 2.55. The second-order valence-corrected chi connectivity index (χ2v) is 15.5. The minimum Gasteiger partial charge on any atom is -0.387 e. The van der Waals surface area contributed by atoms with Gasteiger partial charge in [-0.15, -0.1) is 0 Å². The molecule has 0 aromatic carbocycles. The standard InChI is InChI=1S/C33H59NO14/c1-30(2,3)47-24-18(17-35)45-28(22(38)20(24)36)33(8,9)44-13-12-31(4,5)48-25-21(37)23(39)27(32(6,7)41-11)46-26(25)29(40)34(10)16-19-42-14-15-43-19/h17-28,36-39H,12-16H2,1-11H3/t18?,20?,21?,22?,23?,24-,25+,26?,27?,28?/m1/s1. The van der Waals surface area contributed by atoms with Gasteiger partial charge in [0.1, 0.15) is 54.9 Å². The molecule has 0 saturated carbocycles. The first kappa shape index (κ1) is 41.1. The van der Waals surface area contributed by atoms with Crippen LogP contribution in [0.3, 0.4) is 0 Å². The average Bonchev–Trinajstić information content (AvgIpc) is 3.49. The molecule has 3 heterocycles. The minimum atomic E-state index is -1.52. The molecule has 0 aromatic heterocycles. The number of likely N-dealkylation sites (N-methyl/N-ethyl adjacent to an activating group) is 1. The van der Waals surface area contributed by atoms with Crippen molar-refractivity contribution in [1.29, 1.82) is 0 Å². The van der Waals surface area contributed by atoms with Crippen molar-refractivity contribution < 1.29 is 67.9 Å². The molecule has 0 aliphatic carbocycles. The third-order valence-electron chi connectivity index (χ3n) is 9.10. The molecule has 3 aliphatic heterocycles.